The van der Waals surface area contributed by atoms with Crippen LogP contribution in [-0.4, -0.2) is 34.2 Å². The van der Waals surface area contributed by atoms with Crippen LogP contribution in [0.2, 0.25) is 19.6 Å². The van der Waals surface area contributed by atoms with Crippen LogP contribution < -0.4 is 0 Å². The SMILES string of the molecule is COC(=O)C1=C(C(=O)OC)[C@@]2([Si](C)(C)C)O[C@@H]1c1ccccc12. The average Bonchev–Trinajstić information content (AvgIpc) is 3.06. The fraction of sp³-hybridized carbons (Fsp3) is 0.412. The van der Waals surface area contributed by atoms with E-state index in [2.05, 4.69) is 19.6 Å². The van der Waals surface area contributed by atoms with Gasteiger partial charge in [-0.3, -0.25) is 0 Å². The molecule has 0 N–H and O–H groups in total. The van der Waals surface area contributed by atoms with Gasteiger partial charge in [-0.2, -0.15) is 0 Å². The molecule has 0 aliphatic carbocycles. The molecule has 23 heavy (non-hydrogen) atoms. The van der Waals surface area contributed by atoms with E-state index in [-0.39, 0.29) is 5.57 Å². The minimum absolute atomic E-state index is 0.278. The van der Waals surface area contributed by atoms with Crippen molar-refractivity contribution in [2.45, 2.75) is 31.0 Å². The first-order valence-electron chi connectivity index (χ1n) is 7.48. The molecule has 2 aliphatic heterocycles. The van der Waals surface area contributed by atoms with Crippen LogP contribution in [0.5, 0.6) is 0 Å². The molecule has 6 heteroatoms. The van der Waals surface area contributed by atoms with Gasteiger partial charge in [0.05, 0.1) is 33.4 Å². The topological polar surface area (TPSA) is 61.8 Å². The van der Waals surface area contributed by atoms with Gasteiger partial charge in [-0.15, -0.1) is 0 Å². The molecule has 5 nitrogen and oxygen atoms in total. The fourth-order valence-electron chi connectivity index (χ4n) is 3.71. The predicted molar refractivity (Wildman–Crippen MR) is 86.4 cm³/mol. The Morgan fingerprint density at radius 3 is 2.26 bits per heavy atom. The number of fused-ring (bicyclic) bond motifs is 5. The number of hydrogen-bond acceptors (Lipinski definition) is 5. The van der Waals surface area contributed by atoms with Crippen molar-refractivity contribution in [2.24, 2.45) is 0 Å². The molecule has 0 amide bonds. The average molecular weight is 332 g/mol. The summed E-state index contributed by atoms with van der Waals surface area (Å²) in [5.74, 6) is -1.06. The second kappa shape index (κ2) is 5.04. The molecule has 122 valence electrons. The van der Waals surface area contributed by atoms with E-state index in [0.29, 0.717) is 5.57 Å². The second-order valence-electron chi connectivity index (χ2n) is 6.79. The Bertz CT molecular complexity index is 731. The van der Waals surface area contributed by atoms with Crippen LogP contribution in [0.4, 0.5) is 0 Å². The summed E-state index contributed by atoms with van der Waals surface area (Å²) in [6.45, 7) is 6.36. The summed E-state index contributed by atoms with van der Waals surface area (Å²) in [5.41, 5.74) is 2.50. The Kier molecular flexibility index (Phi) is 3.50. The van der Waals surface area contributed by atoms with E-state index in [0.717, 1.165) is 11.1 Å². The number of benzene rings is 1. The van der Waals surface area contributed by atoms with Crippen molar-refractivity contribution in [3.8, 4) is 0 Å². The molecule has 2 heterocycles. The highest BCUT2D eigenvalue weighted by molar-refractivity contribution is 6.80. The van der Waals surface area contributed by atoms with Gasteiger partial charge in [0.1, 0.15) is 11.3 Å². The minimum Gasteiger partial charge on any atom is -0.466 e. The molecule has 0 radical (unpaired) electrons. The van der Waals surface area contributed by atoms with Crippen LogP contribution in [0.1, 0.15) is 17.2 Å². The van der Waals surface area contributed by atoms with Gasteiger partial charge in [-0.1, -0.05) is 43.9 Å². The molecule has 0 unspecified atom stereocenters. The molecule has 0 saturated carbocycles. The maximum absolute atomic E-state index is 12.6. The maximum Gasteiger partial charge on any atom is 0.337 e. The zero-order valence-corrected chi connectivity index (χ0v) is 14.9. The van der Waals surface area contributed by atoms with Crippen LogP contribution in [0, 0.1) is 0 Å². The zero-order valence-electron chi connectivity index (χ0n) is 13.9. The molecule has 1 aromatic carbocycles. The van der Waals surface area contributed by atoms with Crippen LogP contribution in [0.15, 0.2) is 35.4 Å². The minimum atomic E-state index is -2.12. The lowest BCUT2D eigenvalue weighted by Gasteiger charge is -2.39. The van der Waals surface area contributed by atoms with Gasteiger partial charge in [0, 0.05) is 0 Å². The molecule has 1 aromatic rings. The van der Waals surface area contributed by atoms with Crippen molar-refractivity contribution in [1.29, 1.82) is 0 Å². The molecule has 0 aromatic heterocycles. The Hall–Kier alpha value is -1.92. The van der Waals surface area contributed by atoms with Gasteiger partial charge in [0.25, 0.3) is 0 Å². The first-order valence-corrected chi connectivity index (χ1v) is 11.0. The summed E-state index contributed by atoms with van der Waals surface area (Å²) in [7, 11) is 0.513. The molecule has 0 spiro atoms. The molecule has 0 fully saturated rings. The summed E-state index contributed by atoms with van der Waals surface area (Å²) in [4.78, 5) is 24.9. The van der Waals surface area contributed by atoms with Crippen LogP contribution in [-0.2, 0) is 29.0 Å². The quantitative estimate of drug-likeness (QED) is 0.628. The van der Waals surface area contributed by atoms with Crippen molar-refractivity contribution < 1.29 is 23.8 Å². The Balaban J connectivity index is 2.37. The van der Waals surface area contributed by atoms with Crippen LogP contribution in [0.3, 0.4) is 0 Å². The molecule has 2 bridgehead atoms. The number of hydrogen-bond donors (Lipinski definition) is 0. The van der Waals surface area contributed by atoms with Gasteiger partial charge < -0.3 is 14.2 Å². The number of esters is 2. The normalized spacial score (nSPS) is 25.3. The molecule has 0 saturated heterocycles. The van der Waals surface area contributed by atoms with Crippen LogP contribution >= 0.6 is 0 Å². The Morgan fingerprint density at radius 1 is 1.09 bits per heavy atom. The van der Waals surface area contributed by atoms with Crippen molar-refractivity contribution in [1.82, 2.24) is 0 Å². The van der Waals surface area contributed by atoms with Gasteiger partial charge in [-0.05, 0) is 11.1 Å². The first kappa shape index (κ1) is 16.0. The van der Waals surface area contributed by atoms with E-state index < -0.39 is 31.3 Å². The monoisotopic (exact) mass is 332 g/mol. The van der Waals surface area contributed by atoms with E-state index >= 15 is 0 Å². The summed E-state index contributed by atoms with van der Waals surface area (Å²) in [6.07, 6.45) is -0.570. The van der Waals surface area contributed by atoms with Crippen LogP contribution in [0.25, 0.3) is 0 Å². The largest absolute Gasteiger partial charge is 0.466 e. The van der Waals surface area contributed by atoms with Crippen molar-refractivity contribution in [3.63, 3.8) is 0 Å². The number of rotatable bonds is 3. The predicted octanol–water partition coefficient (Wildman–Crippen LogP) is 2.49. The van der Waals surface area contributed by atoms with E-state index in [1.54, 1.807) is 0 Å². The number of methoxy groups -OCH3 is 2. The number of ether oxygens (including phenoxy) is 3. The van der Waals surface area contributed by atoms with Gasteiger partial charge in [0.15, 0.2) is 0 Å². The second-order valence-corrected chi connectivity index (χ2v) is 12.0. The van der Waals surface area contributed by atoms with Gasteiger partial charge in [-0.25, -0.2) is 9.59 Å². The summed E-state index contributed by atoms with van der Waals surface area (Å²) in [6, 6.07) is 7.76. The highest BCUT2D eigenvalue weighted by Crippen LogP contribution is 2.61. The number of carbonyl (C=O) groups is 2. The van der Waals surface area contributed by atoms with Crippen molar-refractivity contribution in [3.05, 3.63) is 46.5 Å². The summed E-state index contributed by atoms with van der Waals surface area (Å²) >= 11 is 0. The summed E-state index contributed by atoms with van der Waals surface area (Å²) in [5, 5.41) is -0.884. The third-order valence-corrected chi connectivity index (χ3v) is 7.40. The Morgan fingerprint density at radius 2 is 1.70 bits per heavy atom. The highest BCUT2D eigenvalue weighted by Gasteiger charge is 2.65. The lowest BCUT2D eigenvalue weighted by Crippen LogP contribution is -2.51. The van der Waals surface area contributed by atoms with Gasteiger partial charge >= 0.3 is 11.9 Å². The van der Waals surface area contributed by atoms with Crippen molar-refractivity contribution >= 4 is 20.0 Å². The summed E-state index contributed by atoms with van der Waals surface area (Å²) < 4.78 is 16.3. The third-order valence-electron chi connectivity index (χ3n) is 4.65. The molecular formula is C17H20O5Si. The molecule has 2 atom stereocenters. The number of carbonyl (C=O) groups excluding carboxylic acids is 2. The lowest BCUT2D eigenvalue weighted by atomic mass is 9.85. The first-order chi connectivity index (χ1) is 10.8. The Labute approximate surface area is 136 Å². The smallest absolute Gasteiger partial charge is 0.337 e. The van der Waals surface area contributed by atoms with Crippen molar-refractivity contribution in [2.75, 3.05) is 14.2 Å². The third kappa shape index (κ3) is 1.88. The van der Waals surface area contributed by atoms with E-state index in [4.69, 9.17) is 14.2 Å². The van der Waals surface area contributed by atoms with Gasteiger partial charge in [0.2, 0.25) is 0 Å². The van der Waals surface area contributed by atoms with E-state index in [1.165, 1.54) is 14.2 Å². The zero-order chi connectivity index (χ0) is 17.0. The van der Waals surface area contributed by atoms with E-state index in [1.807, 2.05) is 24.3 Å². The molecule has 3 rings (SSSR count). The molecular weight excluding hydrogens is 312 g/mol. The highest BCUT2D eigenvalue weighted by atomic mass is 28.3. The van der Waals surface area contributed by atoms with E-state index in [9.17, 15) is 9.59 Å². The standard InChI is InChI=1S/C17H20O5Si/c1-20-15(18)12-13(16(19)21-2)17(23(3,4)5)11-9-7-6-8-10(11)14(12)22-17/h6-9,14H,1-5H3/t14-,17-/m1/s1. The lowest BCUT2D eigenvalue weighted by molar-refractivity contribution is -0.139. The molecule has 2 aliphatic rings. The maximum atomic E-state index is 12.6. The fourth-order valence-corrected chi connectivity index (χ4v) is 6.20.